The fourth-order valence-electron chi connectivity index (χ4n) is 1.44. The maximum atomic E-state index is 10.4. The summed E-state index contributed by atoms with van der Waals surface area (Å²) >= 11 is 0. The second-order valence-corrected chi connectivity index (χ2v) is 3.91. The zero-order chi connectivity index (χ0) is 15.7. The van der Waals surface area contributed by atoms with Gasteiger partial charge in [0.25, 0.3) is 0 Å². The number of carboxylic acids is 4. The van der Waals surface area contributed by atoms with Gasteiger partial charge in [-0.2, -0.15) is 0 Å². The Bertz CT molecular complexity index is 321. The van der Waals surface area contributed by atoms with Crippen LogP contribution in [0.2, 0.25) is 0 Å². The van der Waals surface area contributed by atoms with Crippen molar-refractivity contribution in [2.45, 2.75) is 0 Å². The van der Waals surface area contributed by atoms with Gasteiger partial charge in [0.05, 0.1) is 23.9 Å². The molecule has 0 atom stereocenters. The van der Waals surface area contributed by atoms with E-state index >= 15 is 0 Å². The number of carboxylic acid groups (broad SMARTS) is 4. The Hall–Kier alpha value is -1.54. The molecule has 0 N–H and O–H groups in total. The van der Waals surface area contributed by atoms with E-state index in [1.165, 1.54) is 0 Å². The molecule has 0 aliphatic carbocycles. The number of hydrogen-bond acceptors (Lipinski definition) is 10. The molecule has 0 aliphatic heterocycles. The molecule has 0 aliphatic rings. The molecule has 0 aromatic carbocycles. The van der Waals surface area contributed by atoms with Crippen molar-refractivity contribution in [3.8, 4) is 0 Å². The first-order valence-electron chi connectivity index (χ1n) is 5.44. The molecule has 0 amide bonds. The fourth-order valence-corrected chi connectivity index (χ4v) is 1.44. The second-order valence-electron chi connectivity index (χ2n) is 3.91. The van der Waals surface area contributed by atoms with Gasteiger partial charge < -0.3 is 39.6 Å². The zero-order valence-corrected chi connectivity index (χ0v) is 12.3. The Morgan fingerprint density at radius 3 is 0.905 bits per heavy atom. The number of carbonyl (C=O) groups excluding carboxylic acids is 4. The Balaban J connectivity index is 0. The molecular weight excluding hydrogens is 383 g/mol. The van der Waals surface area contributed by atoms with E-state index in [1.807, 2.05) is 0 Å². The molecule has 0 radical (unpaired) electrons. The molecule has 0 spiro atoms. The van der Waals surface area contributed by atoms with Crippen LogP contribution in [0.5, 0.6) is 0 Å². The molecule has 0 aromatic rings. The Kier molecular flexibility index (Phi) is 11.6. The minimum absolute atomic E-state index is 0. The SMILES string of the molecule is O=C([O-])CN(CCN(CC(=O)[O-])CC(=O)[O-])CC(=O)[O-].[Pd]. The molecule has 0 fully saturated rings. The second kappa shape index (κ2) is 11.2. The van der Waals surface area contributed by atoms with Gasteiger partial charge in [-0.1, -0.05) is 0 Å². The van der Waals surface area contributed by atoms with Crippen LogP contribution in [-0.4, -0.2) is 72.9 Å². The van der Waals surface area contributed by atoms with E-state index in [-0.39, 0.29) is 33.5 Å². The molecule has 124 valence electrons. The maximum Gasteiger partial charge on any atom is 0.0555 e. The van der Waals surface area contributed by atoms with Crippen molar-refractivity contribution in [3.63, 3.8) is 0 Å². The van der Waals surface area contributed by atoms with Crippen LogP contribution in [0.25, 0.3) is 0 Å². The fraction of sp³-hybridized carbons (Fsp3) is 0.600. The van der Waals surface area contributed by atoms with Gasteiger partial charge in [0.15, 0.2) is 0 Å². The van der Waals surface area contributed by atoms with Gasteiger partial charge in [0.2, 0.25) is 0 Å². The molecule has 10 nitrogen and oxygen atoms in total. The number of aliphatic carboxylic acids is 4. The molecule has 0 saturated carbocycles. The summed E-state index contributed by atoms with van der Waals surface area (Å²) in [5.74, 6) is -6.12. The van der Waals surface area contributed by atoms with Gasteiger partial charge in [-0.15, -0.1) is 0 Å². The Morgan fingerprint density at radius 1 is 0.571 bits per heavy atom. The molecule has 0 heterocycles. The van der Waals surface area contributed by atoms with E-state index in [9.17, 15) is 39.6 Å². The quantitative estimate of drug-likeness (QED) is 0.307. The molecule has 21 heavy (non-hydrogen) atoms. The summed E-state index contributed by atoms with van der Waals surface area (Å²) in [7, 11) is 0. The van der Waals surface area contributed by atoms with Crippen LogP contribution < -0.4 is 20.4 Å². The topological polar surface area (TPSA) is 167 Å². The van der Waals surface area contributed by atoms with Gasteiger partial charge in [-0.25, -0.2) is 0 Å². The Labute approximate surface area is 133 Å². The van der Waals surface area contributed by atoms with E-state index in [2.05, 4.69) is 0 Å². The minimum atomic E-state index is -1.53. The summed E-state index contributed by atoms with van der Waals surface area (Å²) in [6, 6.07) is 0. The van der Waals surface area contributed by atoms with Crippen LogP contribution in [0.4, 0.5) is 0 Å². The first kappa shape index (κ1) is 21.8. The van der Waals surface area contributed by atoms with Crippen molar-refractivity contribution in [1.29, 1.82) is 0 Å². The number of carbonyl (C=O) groups is 4. The Morgan fingerprint density at radius 2 is 0.762 bits per heavy atom. The first-order chi connectivity index (χ1) is 9.20. The summed E-state index contributed by atoms with van der Waals surface area (Å²) in [4.78, 5) is 43.4. The number of hydrogen-bond donors (Lipinski definition) is 0. The van der Waals surface area contributed by atoms with E-state index in [1.54, 1.807) is 0 Å². The predicted molar refractivity (Wildman–Crippen MR) is 52.9 cm³/mol. The molecule has 11 heteroatoms. The summed E-state index contributed by atoms with van der Waals surface area (Å²) in [5.41, 5.74) is 0. The van der Waals surface area contributed by atoms with Crippen molar-refractivity contribution in [2.75, 3.05) is 39.3 Å². The average Bonchev–Trinajstić information content (AvgIpc) is 2.22. The van der Waals surface area contributed by atoms with E-state index in [4.69, 9.17) is 0 Å². The summed E-state index contributed by atoms with van der Waals surface area (Å²) < 4.78 is 0. The van der Waals surface area contributed by atoms with Crippen molar-refractivity contribution < 1.29 is 60.0 Å². The largest absolute Gasteiger partial charge is 0.549 e. The normalized spacial score (nSPS) is 10.2. The third-order valence-electron chi connectivity index (χ3n) is 2.14. The van der Waals surface area contributed by atoms with Crippen LogP contribution in [0, 0.1) is 0 Å². The zero-order valence-electron chi connectivity index (χ0n) is 10.7. The van der Waals surface area contributed by atoms with Crippen molar-refractivity contribution in [3.05, 3.63) is 0 Å². The van der Waals surface area contributed by atoms with Crippen molar-refractivity contribution >= 4 is 23.9 Å². The van der Waals surface area contributed by atoms with Gasteiger partial charge >= 0.3 is 0 Å². The molecule has 0 bridgehead atoms. The van der Waals surface area contributed by atoms with Gasteiger partial charge in [-0.3, -0.25) is 9.80 Å². The molecular formula is C10H12N2O8Pd-4. The molecule has 0 saturated heterocycles. The van der Waals surface area contributed by atoms with E-state index in [0.29, 0.717) is 0 Å². The summed E-state index contributed by atoms with van der Waals surface area (Å²) in [5, 5.41) is 41.6. The average molecular weight is 395 g/mol. The van der Waals surface area contributed by atoms with Crippen LogP contribution in [0.1, 0.15) is 0 Å². The predicted octanol–water partition coefficient (Wildman–Crippen LogP) is -7.41. The van der Waals surface area contributed by atoms with Crippen LogP contribution in [0.3, 0.4) is 0 Å². The standard InChI is InChI=1S/C10H16N2O8.Pd/c13-7(14)3-11(4-8(15)16)1-2-12(5-9(17)18)6-10(19)20;/h1-6H2,(H,13,14)(H,15,16)(H,17,18)(H,19,20);/p-4. The van der Waals surface area contributed by atoms with Gasteiger partial charge in [-0.05, 0) is 0 Å². The van der Waals surface area contributed by atoms with Crippen LogP contribution >= 0.6 is 0 Å². The summed E-state index contributed by atoms with van der Waals surface area (Å²) in [6.07, 6.45) is 0. The first-order valence-corrected chi connectivity index (χ1v) is 5.44. The molecule has 0 aromatic heterocycles. The van der Waals surface area contributed by atoms with E-state index < -0.39 is 50.1 Å². The monoisotopic (exact) mass is 394 g/mol. The van der Waals surface area contributed by atoms with Crippen LogP contribution in [0.15, 0.2) is 0 Å². The van der Waals surface area contributed by atoms with Crippen molar-refractivity contribution in [1.82, 2.24) is 9.80 Å². The maximum absolute atomic E-state index is 10.4. The van der Waals surface area contributed by atoms with E-state index in [0.717, 1.165) is 9.80 Å². The molecule has 0 rings (SSSR count). The smallest absolute Gasteiger partial charge is 0.0555 e. The van der Waals surface area contributed by atoms with Crippen molar-refractivity contribution in [2.24, 2.45) is 0 Å². The minimum Gasteiger partial charge on any atom is -0.549 e. The van der Waals surface area contributed by atoms with Gasteiger partial charge in [0.1, 0.15) is 0 Å². The van der Waals surface area contributed by atoms with Crippen LogP contribution in [-0.2, 0) is 39.6 Å². The molecule has 0 unspecified atom stereocenters. The summed E-state index contributed by atoms with van der Waals surface area (Å²) in [6.45, 7) is -3.25. The number of rotatable bonds is 11. The third-order valence-corrected chi connectivity index (χ3v) is 2.14. The van der Waals surface area contributed by atoms with Gasteiger partial charge in [0, 0.05) is 59.7 Å². The number of nitrogens with zero attached hydrogens (tertiary/aromatic N) is 2. The third kappa shape index (κ3) is 13.2.